The topological polar surface area (TPSA) is 59.3 Å². The van der Waals surface area contributed by atoms with E-state index in [1.54, 1.807) is 11.3 Å². The van der Waals surface area contributed by atoms with Crippen molar-refractivity contribution in [2.24, 2.45) is 0 Å². The maximum atomic E-state index is 12.2. The van der Waals surface area contributed by atoms with Crippen LogP contribution in [0.2, 0.25) is 0 Å². The molecule has 0 fully saturated rings. The Morgan fingerprint density at radius 2 is 2.17 bits per heavy atom. The Hall–Kier alpha value is -2.21. The third kappa shape index (κ3) is 3.42. The van der Waals surface area contributed by atoms with Crippen LogP contribution in [0, 0.1) is 6.92 Å². The van der Waals surface area contributed by atoms with Gasteiger partial charge < -0.3 is 9.72 Å². The van der Waals surface area contributed by atoms with Gasteiger partial charge in [-0.05, 0) is 19.1 Å². The molecule has 3 aromatic rings. The first-order valence-electron chi connectivity index (χ1n) is 7.68. The first-order valence-corrected chi connectivity index (χ1v) is 8.56. The highest BCUT2D eigenvalue weighted by Gasteiger charge is 2.13. The second kappa shape index (κ2) is 6.50. The lowest BCUT2D eigenvalue weighted by Crippen LogP contribution is -2.25. The SMILES string of the molecule is Cc1nc2ccccn2c1CC(=O)NCc1csc(C(C)C)n1. The predicted molar refractivity (Wildman–Crippen MR) is 91.7 cm³/mol. The van der Waals surface area contributed by atoms with Crippen LogP contribution >= 0.6 is 11.3 Å². The lowest BCUT2D eigenvalue weighted by atomic mass is 10.2. The van der Waals surface area contributed by atoms with Gasteiger partial charge in [0.15, 0.2) is 0 Å². The summed E-state index contributed by atoms with van der Waals surface area (Å²) in [5, 5.41) is 6.06. The maximum absolute atomic E-state index is 12.2. The average Bonchev–Trinajstić information content (AvgIpc) is 3.11. The molecule has 3 aromatic heterocycles. The molecule has 0 saturated heterocycles. The van der Waals surface area contributed by atoms with Gasteiger partial charge in [0.05, 0.1) is 35.1 Å². The summed E-state index contributed by atoms with van der Waals surface area (Å²) in [6.45, 7) is 6.65. The molecule has 120 valence electrons. The zero-order valence-corrected chi connectivity index (χ0v) is 14.4. The van der Waals surface area contributed by atoms with E-state index in [9.17, 15) is 4.79 Å². The largest absolute Gasteiger partial charge is 0.350 e. The Labute approximate surface area is 139 Å². The summed E-state index contributed by atoms with van der Waals surface area (Å²) in [5.41, 5.74) is 3.61. The number of rotatable bonds is 5. The smallest absolute Gasteiger partial charge is 0.226 e. The summed E-state index contributed by atoms with van der Waals surface area (Å²) in [4.78, 5) is 21.3. The van der Waals surface area contributed by atoms with Gasteiger partial charge in [-0.2, -0.15) is 0 Å². The van der Waals surface area contributed by atoms with Crippen LogP contribution in [0.25, 0.3) is 5.65 Å². The Kier molecular flexibility index (Phi) is 4.43. The maximum Gasteiger partial charge on any atom is 0.226 e. The summed E-state index contributed by atoms with van der Waals surface area (Å²) in [7, 11) is 0. The first kappa shape index (κ1) is 15.7. The molecule has 0 bridgehead atoms. The van der Waals surface area contributed by atoms with E-state index in [4.69, 9.17) is 0 Å². The number of hydrogen-bond donors (Lipinski definition) is 1. The number of aromatic nitrogens is 3. The van der Waals surface area contributed by atoms with Crippen molar-refractivity contribution >= 4 is 22.9 Å². The average molecular weight is 328 g/mol. The van der Waals surface area contributed by atoms with Gasteiger partial charge in [-0.1, -0.05) is 19.9 Å². The molecule has 6 heteroatoms. The predicted octanol–water partition coefficient (Wildman–Crippen LogP) is 3.08. The van der Waals surface area contributed by atoms with Crippen LogP contribution in [0.1, 0.15) is 41.9 Å². The minimum atomic E-state index is -0.0159. The fourth-order valence-electron chi connectivity index (χ4n) is 2.45. The van der Waals surface area contributed by atoms with E-state index in [0.29, 0.717) is 18.9 Å². The zero-order chi connectivity index (χ0) is 16.4. The first-order chi connectivity index (χ1) is 11.0. The number of pyridine rings is 1. The van der Waals surface area contributed by atoms with Crippen LogP contribution in [0.5, 0.6) is 0 Å². The molecule has 3 rings (SSSR count). The molecule has 0 spiro atoms. The van der Waals surface area contributed by atoms with Crippen LogP contribution < -0.4 is 5.32 Å². The van der Waals surface area contributed by atoms with E-state index in [0.717, 1.165) is 27.7 Å². The number of amides is 1. The van der Waals surface area contributed by atoms with Gasteiger partial charge in [-0.25, -0.2) is 9.97 Å². The van der Waals surface area contributed by atoms with Gasteiger partial charge in [-0.3, -0.25) is 4.79 Å². The molecular weight excluding hydrogens is 308 g/mol. The highest BCUT2D eigenvalue weighted by atomic mass is 32.1. The monoisotopic (exact) mass is 328 g/mol. The van der Waals surface area contributed by atoms with Crippen molar-refractivity contribution in [1.82, 2.24) is 19.7 Å². The van der Waals surface area contributed by atoms with E-state index in [2.05, 4.69) is 29.1 Å². The Morgan fingerprint density at radius 1 is 1.35 bits per heavy atom. The lowest BCUT2D eigenvalue weighted by molar-refractivity contribution is -0.120. The fraction of sp³-hybridized carbons (Fsp3) is 0.353. The van der Waals surface area contributed by atoms with Gasteiger partial charge in [0.2, 0.25) is 5.91 Å². The zero-order valence-electron chi connectivity index (χ0n) is 13.5. The number of thiazole rings is 1. The molecule has 0 aromatic carbocycles. The van der Waals surface area contributed by atoms with Crippen LogP contribution in [0.4, 0.5) is 0 Å². The number of nitrogens with zero attached hydrogens (tertiary/aromatic N) is 3. The number of carbonyl (C=O) groups excluding carboxylic acids is 1. The van der Waals surface area contributed by atoms with E-state index in [-0.39, 0.29) is 5.91 Å². The van der Waals surface area contributed by atoms with Gasteiger partial charge >= 0.3 is 0 Å². The summed E-state index contributed by atoms with van der Waals surface area (Å²) in [6, 6.07) is 5.83. The number of carbonyl (C=O) groups is 1. The Bertz CT molecular complexity index is 834. The summed E-state index contributed by atoms with van der Waals surface area (Å²) >= 11 is 1.64. The van der Waals surface area contributed by atoms with E-state index < -0.39 is 0 Å². The molecule has 3 heterocycles. The van der Waals surface area contributed by atoms with Crippen molar-refractivity contribution in [3.63, 3.8) is 0 Å². The third-order valence-corrected chi connectivity index (χ3v) is 4.88. The standard InChI is InChI=1S/C17H20N4OS/c1-11(2)17-20-13(10-23-17)9-18-16(22)8-14-12(3)19-15-6-4-5-7-21(14)15/h4-7,10-11H,8-9H2,1-3H3,(H,18,22). The molecule has 0 radical (unpaired) electrons. The molecule has 1 amide bonds. The molecule has 0 unspecified atom stereocenters. The van der Waals surface area contributed by atoms with Crippen molar-refractivity contribution in [2.75, 3.05) is 0 Å². The number of hydrogen-bond acceptors (Lipinski definition) is 4. The van der Waals surface area contributed by atoms with Gasteiger partial charge in [0, 0.05) is 17.5 Å². The quantitative estimate of drug-likeness (QED) is 0.783. The molecule has 23 heavy (non-hydrogen) atoms. The number of aryl methyl sites for hydroxylation is 1. The molecular formula is C17H20N4OS. The van der Waals surface area contributed by atoms with Gasteiger partial charge in [0.1, 0.15) is 5.65 Å². The molecule has 0 aliphatic rings. The van der Waals surface area contributed by atoms with E-state index in [1.165, 1.54) is 0 Å². The van der Waals surface area contributed by atoms with Crippen molar-refractivity contribution in [2.45, 2.75) is 39.7 Å². The van der Waals surface area contributed by atoms with Gasteiger partial charge in [0.25, 0.3) is 0 Å². The second-order valence-electron chi connectivity index (χ2n) is 5.86. The molecule has 0 atom stereocenters. The van der Waals surface area contributed by atoms with Gasteiger partial charge in [-0.15, -0.1) is 11.3 Å². The van der Waals surface area contributed by atoms with Crippen LogP contribution in [-0.2, 0) is 17.8 Å². The second-order valence-corrected chi connectivity index (χ2v) is 6.75. The minimum Gasteiger partial charge on any atom is -0.350 e. The molecule has 1 N–H and O–H groups in total. The molecule has 0 aliphatic carbocycles. The van der Waals surface area contributed by atoms with Crippen LogP contribution in [0.3, 0.4) is 0 Å². The summed E-state index contributed by atoms with van der Waals surface area (Å²) in [5.74, 6) is 0.406. The van der Waals surface area contributed by atoms with E-state index >= 15 is 0 Å². The molecule has 0 saturated carbocycles. The van der Waals surface area contributed by atoms with Crippen molar-refractivity contribution in [3.05, 3.63) is 51.9 Å². The summed E-state index contributed by atoms with van der Waals surface area (Å²) in [6.07, 6.45) is 2.26. The Balaban J connectivity index is 1.65. The normalized spacial score (nSPS) is 11.3. The van der Waals surface area contributed by atoms with Crippen molar-refractivity contribution in [1.29, 1.82) is 0 Å². The van der Waals surface area contributed by atoms with E-state index in [1.807, 2.05) is 41.1 Å². The lowest BCUT2D eigenvalue weighted by Gasteiger charge is -2.05. The number of fused-ring (bicyclic) bond motifs is 1. The number of nitrogens with one attached hydrogen (secondary N) is 1. The molecule has 5 nitrogen and oxygen atoms in total. The highest BCUT2D eigenvalue weighted by Crippen LogP contribution is 2.19. The molecule has 0 aliphatic heterocycles. The third-order valence-electron chi connectivity index (χ3n) is 3.69. The van der Waals surface area contributed by atoms with Crippen LogP contribution in [-0.4, -0.2) is 20.3 Å². The minimum absolute atomic E-state index is 0.0159. The number of imidazole rings is 1. The Morgan fingerprint density at radius 3 is 2.91 bits per heavy atom. The van der Waals surface area contributed by atoms with Crippen molar-refractivity contribution < 1.29 is 4.79 Å². The summed E-state index contributed by atoms with van der Waals surface area (Å²) < 4.78 is 1.97. The highest BCUT2D eigenvalue weighted by molar-refractivity contribution is 7.09. The van der Waals surface area contributed by atoms with Crippen LogP contribution in [0.15, 0.2) is 29.8 Å². The van der Waals surface area contributed by atoms with Crippen molar-refractivity contribution in [3.8, 4) is 0 Å². The fourth-order valence-corrected chi connectivity index (χ4v) is 3.28.